The maximum Gasteiger partial charge on any atom is 0.335 e. The number of rotatable bonds is 6. The molecule has 0 radical (unpaired) electrons. The second kappa shape index (κ2) is 6.28. The van der Waals surface area contributed by atoms with Crippen molar-refractivity contribution in [2.45, 2.75) is 31.8 Å². The van der Waals surface area contributed by atoms with Gasteiger partial charge in [0.2, 0.25) is 0 Å². The van der Waals surface area contributed by atoms with Gasteiger partial charge in [-0.2, -0.15) is 0 Å². The Morgan fingerprint density at radius 1 is 1.18 bits per heavy atom. The molecule has 1 aliphatic carbocycles. The fraction of sp³-hybridized carbons (Fsp3) is 0.278. The van der Waals surface area contributed by atoms with Gasteiger partial charge in [-0.05, 0) is 48.1 Å². The van der Waals surface area contributed by atoms with Crippen LogP contribution < -0.4 is 5.32 Å². The highest BCUT2D eigenvalue weighted by Gasteiger charge is 2.24. The molecule has 0 unspecified atom stereocenters. The number of carboxylic acid groups (broad SMARTS) is 1. The lowest BCUT2D eigenvalue weighted by Gasteiger charge is -2.09. The average molecular weight is 299 g/mol. The van der Waals surface area contributed by atoms with E-state index < -0.39 is 5.97 Å². The molecule has 3 nitrogen and oxygen atoms in total. The Labute approximate surface area is 128 Å². The first-order valence-corrected chi connectivity index (χ1v) is 7.45. The van der Waals surface area contributed by atoms with E-state index in [0.29, 0.717) is 24.6 Å². The summed E-state index contributed by atoms with van der Waals surface area (Å²) in [5.74, 6) is -0.534. The van der Waals surface area contributed by atoms with Crippen LogP contribution in [0.15, 0.2) is 42.5 Å². The topological polar surface area (TPSA) is 49.3 Å². The molecule has 0 aliphatic heterocycles. The van der Waals surface area contributed by atoms with Gasteiger partial charge in [-0.3, -0.25) is 0 Å². The van der Waals surface area contributed by atoms with Gasteiger partial charge in [0, 0.05) is 18.7 Å². The molecule has 0 heterocycles. The Morgan fingerprint density at radius 3 is 2.73 bits per heavy atom. The maximum atomic E-state index is 13.8. The summed E-state index contributed by atoms with van der Waals surface area (Å²) in [6, 6.07) is 12.1. The standard InChI is InChI=1S/C18H18FNO2/c19-17-7-6-14(13-4-5-13)9-16(17)11-20-10-12-2-1-3-15(8-12)18(21)22/h1-3,6-9,13,20H,4-5,10-11H2,(H,21,22). The normalized spacial score (nSPS) is 14.0. The number of hydrogen-bond acceptors (Lipinski definition) is 2. The number of nitrogens with one attached hydrogen (secondary N) is 1. The molecule has 22 heavy (non-hydrogen) atoms. The third kappa shape index (κ3) is 3.52. The number of carbonyl (C=O) groups is 1. The number of benzene rings is 2. The smallest absolute Gasteiger partial charge is 0.335 e. The van der Waals surface area contributed by atoms with E-state index >= 15 is 0 Å². The molecule has 0 spiro atoms. The summed E-state index contributed by atoms with van der Waals surface area (Å²) in [5.41, 5.74) is 3.02. The summed E-state index contributed by atoms with van der Waals surface area (Å²) in [7, 11) is 0. The van der Waals surface area contributed by atoms with Crippen molar-refractivity contribution >= 4 is 5.97 Å². The highest BCUT2D eigenvalue weighted by Crippen LogP contribution is 2.40. The Hall–Kier alpha value is -2.20. The molecular formula is C18H18FNO2. The molecule has 4 heteroatoms. The zero-order chi connectivity index (χ0) is 15.5. The molecule has 2 aromatic carbocycles. The second-order valence-corrected chi connectivity index (χ2v) is 5.73. The lowest BCUT2D eigenvalue weighted by Crippen LogP contribution is -2.14. The van der Waals surface area contributed by atoms with Gasteiger partial charge >= 0.3 is 5.97 Å². The van der Waals surface area contributed by atoms with Gasteiger partial charge in [0.05, 0.1) is 5.56 Å². The van der Waals surface area contributed by atoms with Crippen molar-refractivity contribution in [1.29, 1.82) is 0 Å². The summed E-state index contributed by atoms with van der Waals surface area (Å²) in [6.45, 7) is 0.942. The molecule has 0 aromatic heterocycles. The van der Waals surface area contributed by atoms with E-state index in [-0.39, 0.29) is 11.4 Å². The fourth-order valence-electron chi connectivity index (χ4n) is 2.56. The number of hydrogen-bond donors (Lipinski definition) is 2. The fourth-order valence-corrected chi connectivity index (χ4v) is 2.56. The first kappa shape index (κ1) is 14.7. The predicted octanol–water partition coefficient (Wildman–Crippen LogP) is 3.69. The summed E-state index contributed by atoms with van der Waals surface area (Å²) in [4.78, 5) is 10.9. The molecule has 2 N–H and O–H groups in total. The lowest BCUT2D eigenvalue weighted by atomic mass is 10.1. The van der Waals surface area contributed by atoms with E-state index in [4.69, 9.17) is 5.11 Å². The Bertz CT molecular complexity index is 695. The van der Waals surface area contributed by atoms with Crippen molar-refractivity contribution in [2.75, 3.05) is 0 Å². The summed E-state index contributed by atoms with van der Waals surface area (Å²) < 4.78 is 13.8. The van der Waals surface area contributed by atoms with Crippen LogP contribution in [0.4, 0.5) is 4.39 Å². The summed E-state index contributed by atoms with van der Waals surface area (Å²) >= 11 is 0. The van der Waals surface area contributed by atoms with Crippen LogP contribution in [0.3, 0.4) is 0 Å². The number of halogens is 1. The molecule has 0 atom stereocenters. The van der Waals surface area contributed by atoms with Crippen molar-refractivity contribution in [1.82, 2.24) is 5.32 Å². The predicted molar refractivity (Wildman–Crippen MR) is 82.3 cm³/mol. The average Bonchev–Trinajstić information content (AvgIpc) is 3.34. The Kier molecular flexibility index (Phi) is 4.20. The minimum atomic E-state index is -0.940. The highest BCUT2D eigenvalue weighted by atomic mass is 19.1. The maximum absolute atomic E-state index is 13.8. The third-order valence-corrected chi connectivity index (χ3v) is 3.94. The van der Waals surface area contributed by atoms with Crippen molar-refractivity contribution < 1.29 is 14.3 Å². The Morgan fingerprint density at radius 2 is 2.00 bits per heavy atom. The second-order valence-electron chi connectivity index (χ2n) is 5.73. The molecule has 2 aromatic rings. The Balaban J connectivity index is 1.62. The van der Waals surface area contributed by atoms with Crippen molar-refractivity contribution in [3.63, 3.8) is 0 Å². The van der Waals surface area contributed by atoms with E-state index in [1.807, 2.05) is 18.2 Å². The van der Waals surface area contributed by atoms with Gasteiger partial charge < -0.3 is 10.4 Å². The first-order valence-electron chi connectivity index (χ1n) is 7.45. The molecule has 3 rings (SSSR count). The molecule has 0 bridgehead atoms. The molecular weight excluding hydrogens is 281 g/mol. The molecule has 0 amide bonds. The van der Waals surface area contributed by atoms with Gasteiger partial charge in [0.1, 0.15) is 5.82 Å². The zero-order valence-corrected chi connectivity index (χ0v) is 12.2. The molecule has 114 valence electrons. The third-order valence-electron chi connectivity index (χ3n) is 3.94. The van der Waals surface area contributed by atoms with E-state index in [1.54, 1.807) is 18.2 Å². The van der Waals surface area contributed by atoms with Crippen molar-refractivity contribution in [3.05, 3.63) is 70.5 Å². The van der Waals surface area contributed by atoms with Gasteiger partial charge in [-0.15, -0.1) is 0 Å². The molecule has 0 saturated heterocycles. The molecule has 1 aliphatic rings. The SMILES string of the molecule is O=C(O)c1cccc(CNCc2cc(C3CC3)ccc2F)c1. The molecule has 1 fully saturated rings. The first-order chi connectivity index (χ1) is 10.6. The van der Waals surface area contributed by atoms with Crippen LogP contribution in [0.25, 0.3) is 0 Å². The van der Waals surface area contributed by atoms with Crippen LogP contribution in [0.2, 0.25) is 0 Å². The largest absolute Gasteiger partial charge is 0.478 e. The van der Waals surface area contributed by atoms with E-state index in [2.05, 4.69) is 5.32 Å². The number of carboxylic acids is 1. The van der Waals surface area contributed by atoms with Crippen LogP contribution in [0, 0.1) is 5.82 Å². The van der Waals surface area contributed by atoms with Crippen molar-refractivity contribution in [3.8, 4) is 0 Å². The number of aromatic carboxylic acids is 1. The van der Waals surface area contributed by atoms with E-state index in [1.165, 1.54) is 24.5 Å². The van der Waals surface area contributed by atoms with Crippen LogP contribution in [-0.4, -0.2) is 11.1 Å². The van der Waals surface area contributed by atoms with Crippen LogP contribution >= 0.6 is 0 Å². The van der Waals surface area contributed by atoms with E-state index in [9.17, 15) is 9.18 Å². The summed E-state index contributed by atoms with van der Waals surface area (Å²) in [5, 5.41) is 12.1. The van der Waals surface area contributed by atoms with Crippen LogP contribution in [0.5, 0.6) is 0 Å². The lowest BCUT2D eigenvalue weighted by molar-refractivity contribution is 0.0696. The van der Waals surface area contributed by atoms with Gasteiger partial charge in [0.25, 0.3) is 0 Å². The minimum Gasteiger partial charge on any atom is -0.478 e. The van der Waals surface area contributed by atoms with E-state index in [0.717, 1.165) is 5.56 Å². The van der Waals surface area contributed by atoms with Crippen LogP contribution in [-0.2, 0) is 13.1 Å². The van der Waals surface area contributed by atoms with Crippen molar-refractivity contribution in [2.24, 2.45) is 0 Å². The van der Waals surface area contributed by atoms with Crippen LogP contribution in [0.1, 0.15) is 45.8 Å². The quantitative estimate of drug-likeness (QED) is 0.855. The monoisotopic (exact) mass is 299 g/mol. The minimum absolute atomic E-state index is 0.198. The van der Waals surface area contributed by atoms with Gasteiger partial charge in [-0.25, -0.2) is 9.18 Å². The highest BCUT2D eigenvalue weighted by molar-refractivity contribution is 5.87. The summed E-state index contributed by atoms with van der Waals surface area (Å²) in [6.07, 6.45) is 2.39. The molecule has 1 saturated carbocycles. The zero-order valence-electron chi connectivity index (χ0n) is 12.2. The van der Waals surface area contributed by atoms with Gasteiger partial charge in [-0.1, -0.05) is 24.3 Å². The van der Waals surface area contributed by atoms with Gasteiger partial charge in [0.15, 0.2) is 0 Å².